The second-order valence-electron chi connectivity index (χ2n) is 2.68. The first-order valence-corrected chi connectivity index (χ1v) is 3.38. The Morgan fingerprint density at radius 3 is 2.44 bits per heavy atom. The van der Waals surface area contributed by atoms with Gasteiger partial charge in [0.25, 0.3) is 0 Å². The van der Waals surface area contributed by atoms with Crippen molar-refractivity contribution in [1.29, 1.82) is 0 Å². The maximum Gasteiger partial charge on any atom is 0.132 e. The molecule has 0 bridgehead atoms. The Hall–Kier alpha value is -0.265. The van der Waals surface area contributed by atoms with Gasteiger partial charge in [-0.2, -0.15) is 0 Å². The molecular weight excluding hydrogens is 111 g/mol. The average Bonchev–Trinajstić information content (AvgIpc) is 1.63. The van der Waals surface area contributed by atoms with Gasteiger partial charge >= 0.3 is 0 Å². The van der Waals surface area contributed by atoms with Gasteiger partial charge in [0.05, 0.1) is 7.85 Å². The van der Waals surface area contributed by atoms with Crippen LogP contribution in [0.25, 0.3) is 0 Å². The average molecular weight is 124 g/mol. The summed E-state index contributed by atoms with van der Waals surface area (Å²) in [5.41, 5.74) is 0. The van der Waals surface area contributed by atoms with Crippen molar-refractivity contribution in [2.75, 3.05) is 0 Å². The van der Waals surface area contributed by atoms with E-state index in [1.54, 1.807) is 0 Å². The fourth-order valence-electron chi connectivity index (χ4n) is 0.718. The summed E-state index contributed by atoms with van der Waals surface area (Å²) in [6.07, 6.45) is 1.71. The van der Waals surface area contributed by atoms with E-state index >= 15 is 0 Å². The highest BCUT2D eigenvalue weighted by Crippen LogP contribution is 2.03. The first-order valence-electron chi connectivity index (χ1n) is 3.38. The maximum absolute atomic E-state index is 10.8. The van der Waals surface area contributed by atoms with Crippen molar-refractivity contribution >= 4 is 13.6 Å². The van der Waals surface area contributed by atoms with Crippen LogP contribution in [-0.2, 0) is 4.79 Å². The summed E-state index contributed by atoms with van der Waals surface area (Å²) >= 11 is 0. The van der Waals surface area contributed by atoms with Crippen molar-refractivity contribution in [3.05, 3.63) is 0 Å². The van der Waals surface area contributed by atoms with Crippen molar-refractivity contribution in [3.63, 3.8) is 0 Å². The third-order valence-corrected chi connectivity index (χ3v) is 1.06. The van der Waals surface area contributed by atoms with Crippen LogP contribution in [0.15, 0.2) is 0 Å². The third-order valence-electron chi connectivity index (χ3n) is 1.06. The number of carbonyl (C=O) groups is 1. The van der Waals surface area contributed by atoms with Crippen LogP contribution < -0.4 is 0 Å². The molecule has 0 aliphatic carbocycles. The maximum atomic E-state index is 10.8. The first kappa shape index (κ1) is 8.73. The van der Waals surface area contributed by atoms with Gasteiger partial charge in [0, 0.05) is 6.42 Å². The Bertz CT molecular complexity index is 88.9. The zero-order valence-electron chi connectivity index (χ0n) is 6.18. The van der Waals surface area contributed by atoms with Crippen LogP contribution in [0, 0.1) is 5.92 Å². The van der Waals surface area contributed by atoms with Crippen LogP contribution in [0.3, 0.4) is 0 Å². The molecule has 0 N–H and O–H groups in total. The highest BCUT2D eigenvalue weighted by Gasteiger charge is 2.01. The number of hydrogen-bond acceptors (Lipinski definition) is 1. The molecule has 0 aromatic carbocycles. The Morgan fingerprint density at radius 1 is 1.56 bits per heavy atom. The number of hydrogen-bond donors (Lipinski definition) is 0. The minimum atomic E-state index is 0.285. The topological polar surface area (TPSA) is 17.1 Å². The molecule has 0 unspecified atom stereocenters. The molecular formula is C7H13BO. The summed E-state index contributed by atoms with van der Waals surface area (Å²) in [7, 11) is 5.18. The molecule has 0 saturated heterocycles. The Kier molecular flexibility index (Phi) is 4.46. The largest absolute Gasteiger partial charge is 0.300 e. The molecule has 9 heavy (non-hydrogen) atoms. The lowest BCUT2D eigenvalue weighted by Gasteiger charge is -2.00. The molecule has 2 heteroatoms. The molecule has 0 aliphatic rings. The van der Waals surface area contributed by atoms with Gasteiger partial charge in [0.1, 0.15) is 5.78 Å². The lowest BCUT2D eigenvalue weighted by atomic mass is 9.96. The van der Waals surface area contributed by atoms with E-state index in [9.17, 15) is 4.79 Å². The van der Waals surface area contributed by atoms with Crippen molar-refractivity contribution in [3.8, 4) is 0 Å². The van der Waals surface area contributed by atoms with E-state index in [-0.39, 0.29) is 5.78 Å². The zero-order chi connectivity index (χ0) is 7.28. The van der Waals surface area contributed by atoms with Gasteiger partial charge in [-0.3, -0.25) is 4.79 Å². The second-order valence-corrected chi connectivity index (χ2v) is 2.68. The molecule has 0 rings (SSSR count). The Balaban J connectivity index is 3.27. The number of carbonyl (C=O) groups excluding carboxylic acids is 1. The van der Waals surface area contributed by atoms with E-state index in [1.807, 2.05) is 13.8 Å². The number of rotatable bonds is 4. The molecule has 0 spiro atoms. The fraction of sp³-hybridized carbons (Fsp3) is 0.857. The summed E-state index contributed by atoms with van der Waals surface area (Å²) in [6.45, 7) is 4.07. The molecule has 0 atom stereocenters. The molecule has 2 radical (unpaired) electrons. The van der Waals surface area contributed by atoms with Crippen LogP contribution in [0.5, 0.6) is 0 Å². The summed E-state index contributed by atoms with van der Waals surface area (Å²) in [6, 6.07) is 0. The van der Waals surface area contributed by atoms with Gasteiger partial charge in [-0.05, 0) is 12.3 Å². The van der Waals surface area contributed by atoms with Crippen molar-refractivity contribution in [2.45, 2.75) is 33.0 Å². The highest BCUT2D eigenvalue weighted by atomic mass is 16.1. The Labute approximate surface area is 58.2 Å². The molecule has 1 nitrogen and oxygen atoms in total. The molecule has 0 aromatic heterocycles. The van der Waals surface area contributed by atoms with Crippen LogP contribution in [0.2, 0.25) is 6.32 Å². The van der Waals surface area contributed by atoms with E-state index in [0.717, 1.165) is 0 Å². The van der Waals surface area contributed by atoms with Gasteiger partial charge in [-0.15, -0.1) is 0 Å². The standard InChI is InChI=1S/C7H13BO/c1-6(2)5-7(9)3-4-8/h6H,3-5H2,1-2H3. The fourth-order valence-corrected chi connectivity index (χ4v) is 0.718. The molecule has 0 heterocycles. The predicted molar refractivity (Wildman–Crippen MR) is 39.6 cm³/mol. The second kappa shape index (κ2) is 4.60. The molecule has 0 amide bonds. The SMILES string of the molecule is [B]CCC(=O)CC(C)C. The van der Waals surface area contributed by atoms with Crippen LogP contribution in [-0.4, -0.2) is 13.6 Å². The number of Topliss-reactive ketones (excluding diaryl/α,β-unsaturated/α-hetero) is 1. The quantitative estimate of drug-likeness (QED) is 0.520. The van der Waals surface area contributed by atoms with E-state index < -0.39 is 0 Å². The minimum Gasteiger partial charge on any atom is -0.300 e. The monoisotopic (exact) mass is 124 g/mol. The summed E-state index contributed by atoms with van der Waals surface area (Å²) in [4.78, 5) is 10.8. The third kappa shape index (κ3) is 5.61. The summed E-state index contributed by atoms with van der Waals surface area (Å²) < 4.78 is 0. The van der Waals surface area contributed by atoms with Crippen LogP contribution in [0.1, 0.15) is 26.7 Å². The van der Waals surface area contributed by atoms with Gasteiger partial charge in [-0.25, -0.2) is 0 Å². The molecule has 50 valence electrons. The molecule has 0 aromatic rings. The van der Waals surface area contributed by atoms with E-state index in [2.05, 4.69) is 0 Å². The van der Waals surface area contributed by atoms with E-state index in [1.165, 1.54) is 0 Å². The van der Waals surface area contributed by atoms with Crippen molar-refractivity contribution in [2.24, 2.45) is 5.92 Å². The van der Waals surface area contributed by atoms with Crippen LogP contribution in [0.4, 0.5) is 0 Å². The van der Waals surface area contributed by atoms with Gasteiger partial charge in [0.2, 0.25) is 0 Å². The summed E-state index contributed by atoms with van der Waals surface area (Å²) in [5, 5.41) is 0. The zero-order valence-corrected chi connectivity index (χ0v) is 6.18. The molecule has 0 fully saturated rings. The van der Waals surface area contributed by atoms with Gasteiger partial charge in [0.15, 0.2) is 0 Å². The van der Waals surface area contributed by atoms with Crippen molar-refractivity contribution < 1.29 is 4.79 Å². The molecule has 0 aliphatic heterocycles. The summed E-state index contributed by atoms with van der Waals surface area (Å²) in [5.74, 6) is 0.761. The highest BCUT2D eigenvalue weighted by molar-refractivity contribution is 6.10. The normalized spacial score (nSPS) is 10.1. The molecule has 0 saturated carbocycles. The lowest BCUT2D eigenvalue weighted by Crippen LogP contribution is -2.01. The Morgan fingerprint density at radius 2 is 2.11 bits per heavy atom. The van der Waals surface area contributed by atoms with Gasteiger partial charge < -0.3 is 0 Å². The minimum absolute atomic E-state index is 0.285. The smallest absolute Gasteiger partial charge is 0.132 e. The predicted octanol–water partition coefficient (Wildman–Crippen LogP) is 1.58. The number of ketones is 1. The van der Waals surface area contributed by atoms with E-state index in [4.69, 9.17) is 7.85 Å². The van der Waals surface area contributed by atoms with Crippen molar-refractivity contribution in [1.82, 2.24) is 0 Å². The van der Waals surface area contributed by atoms with Crippen LogP contribution >= 0.6 is 0 Å². The lowest BCUT2D eigenvalue weighted by molar-refractivity contribution is -0.119. The first-order chi connectivity index (χ1) is 4.16. The van der Waals surface area contributed by atoms with Gasteiger partial charge in [-0.1, -0.05) is 20.2 Å². The van der Waals surface area contributed by atoms with E-state index in [0.29, 0.717) is 25.1 Å².